The SMILES string of the molecule is CCC1(C(=O)O)CCN(C(=O)N(C)CCCNC)C1. The highest BCUT2D eigenvalue weighted by Crippen LogP contribution is 2.34. The zero-order chi connectivity index (χ0) is 14.5. The Labute approximate surface area is 114 Å². The number of nitrogens with zero attached hydrogens (tertiary/aromatic N) is 2. The van der Waals surface area contributed by atoms with Crippen LogP contribution in [0.2, 0.25) is 0 Å². The Morgan fingerprint density at radius 3 is 2.63 bits per heavy atom. The van der Waals surface area contributed by atoms with E-state index in [1.165, 1.54) is 0 Å². The van der Waals surface area contributed by atoms with Gasteiger partial charge in [0.25, 0.3) is 0 Å². The predicted octanol–water partition coefficient (Wildman–Crippen LogP) is 0.834. The van der Waals surface area contributed by atoms with Crippen LogP contribution >= 0.6 is 0 Å². The number of amides is 2. The van der Waals surface area contributed by atoms with Crippen molar-refractivity contribution >= 4 is 12.0 Å². The van der Waals surface area contributed by atoms with Crippen LogP contribution in [0.15, 0.2) is 0 Å². The molecule has 0 aromatic carbocycles. The molecule has 6 nitrogen and oxygen atoms in total. The minimum atomic E-state index is -0.789. The summed E-state index contributed by atoms with van der Waals surface area (Å²) >= 11 is 0. The van der Waals surface area contributed by atoms with Crippen molar-refractivity contribution in [3.05, 3.63) is 0 Å². The largest absolute Gasteiger partial charge is 0.481 e. The summed E-state index contributed by atoms with van der Waals surface area (Å²) in [6.45, 7) is 4.29. The number of carbonyl (C=O) groups excluding carboxylic acids is 1. The second-order valence-corrected chi connectivity index (χ2v) is 5.27. The molecule has 110 valence electrons. The number of carboxylic acid groups (broad SMARTS) is 1. The van der Waals surface area contributed by atoms with Crippen LogP contribution in [0.1, 0.15) is 26.2 Å². The summed E-state index contributed by atoms with van der Waals surface area (Å²) in [5, 5.41) is 12.4. The number of carboxylic acids is 1. The van der Waals surface area contributed by atoms with Gasteiger partial charge in [-0.1, -0.05) is 6.92 Å². The summed E-state index contributed by atoms with van der Waals surface area (Å²) in [7, 11) is 3.65. The van der Waals surface area contributed by atoms with E-state index in [2.05, 4.69) is 5.32 Å². The molecular weight excluding hydrogens is 246 g/mol. The molecule has 0 aromatic rings. The lowest BCUT2D eigenvalue weighted by atomic mass is 9.84. The first-order chi connectivity index (χ1) is 8.96. The highest BCUT2D eigenvalue weighted by Gasteiger charge is 2.45. The molecule has 2 N–H and O–H groups in total. The standard InChI is InChI=1S/C13H25N3O3/c1-4-13(11(17)18)6-9-16(10-13)12(19)15(3)8-5-7-14-2/h14H,4-10H2,1-3H3,(H,17,18). The third-order valence-electron chi connectivity index (χ3n) is 4.00. The maximum Gasteiger partial charge on any atom is 0.319 e. The second-order valence-electron chi connectivity index (χ2n) is 5.27. The van der Waals surface area contributed by atoms with Crippen molar-refractivity contribution in [1.82, 2.24) is 15.1 Å². The van der Waals surface area contributed by atoms with Gasteiger partial charge in [-0.2, -0.15) is 0 Å². The minimum absolute atomic E-state index is 0.0623. The van der Waals surface area contributed by atoms with Crippen molar-refractivity contribution in [2.24, 2.45) is 5.41 Å². The third kappa shape index (κ3) is 3.59. The lowest BCUT2D eigenvalue weighted by molar-refractivity contribution is -0.148. The van der Waals surface area contributed by atoms with Crippen molar-refractivity contribution < 1.29 is 14.7 Å². The average Bonchev–Trinajstić information content (AvgIpc) is 2.83. The fourth-order valence-corrected chi connectivity index (χ4v) is 2.48. The van der Waals surface area contributed by atoms with Crippen LogP contribution in [0.5, 0.6) is 0 Å². The van der Waals surface area contributed by atoms with Crippen LogP contribution in [0, 0.1) is 5.41 Å². The van der Waals surface area contributed by atoms with Gasteiger partial charge in [-0.05, 0) is 32.9 Å². The molecule has 1 fully saturated rings. The van der Waals surface area contributed by atoms with E-state index in [-0.39, 0.29) is 6.03 Å². The fraction of sp³-hybridized carbons (Fsp3) is 0.846. The van der Waals surface area contributed by atoms with Gasteiger partial charge in [0.15, 0.2) is 0 Å². The smallest absolute Gasteiger partial charge is 0.319 e. The normalized spacial score (nSPS) is 22.6. The van der Waals surface area contributed by atoms with Crippen molar-refractivity contribution in [2.45, 2.75) is 26.2 Å². The van der Waals surface area contributed by atoms with E-state index in [1.54, 1.807) is 16.8 Å². The topological polar surface area (TPSA) is 72.9 Å². The monoisotopic (exact) mass is 271 g/mol. The van der Waals surface area contributed by atoms with E-state index >= 15 is 0 Å². The zero-order valence-electron chi connectivity index (χ0n) is 12.1. The van der Waals surface area contributed by atoms with Crippen LogP contribution in [0.4, 0.5) is 4.79 Å². The summed E-state index contributed by atoms with van der Waals surface area (Å²) in [6, 6.07) is -0.0623. The minimum Gasteiger partial charge on any atom is -0.481 e. The Hall–Kier alpha value is -1.30. The quantitative estimate of drug-likeness (QED) is 0.702. The zero-order valence-corrected chi connectivity index (χ0v) is 12.1. The van der Waals surface area contributed by atoms with Crippen LogP contribution in [-0.2, 0) is 4.79 Å². The number of rotatable bonds is 6. The Morgan fingerprint density at radius 1 is 1.47 bits per heavy atom. The third-order valence-corrected chi connectivity index (χ3v) is 4.00. The van der Waals surface area contributed by atoms with Gasteiger partial charge in [-0.15, -0.1) is 0 Å². The summed E-state index contributed by atoms with van der Waals surface area (Å²) < 4.78 is 0. The average molecular weight is 271 g/mol. The number of carbonyl (C=O) groups is 2. The summed E-state index contributed by atoms with van der Waals surface area (Å²) in [5.74, 6) is -0.789. The maximum absolute atomic E-state index is 12.2. The number of hydrogen-bond acceptors (Lipinski definition) is 3. The van der Waals surface area contributed by atoms with E-state index < -0.39 is 11.4 Å². The van der Waals surface area contributed by atoms with E-state index in [0.717, 1.165) is 13.0 Å². The molecule has 1 saturated heterocycles. The van der Waals surface area contributed by atoms with Crippen molar-refractivity contribution in [3.63, 3.8) is 0 Å². The van der Waals surface area contributed by atoms with Gasteiger partial charge in [0.05, 0.1) is 5.41 Å². The lowest BCUT2D eigenvalue weighted by Gasteiger charge is -2.27. The molecule has 0 aromatic heterocycles. The van der Waals surface area contributed by atoms with E-state index in [9.17, 15) is 14.7 Å². The maximum atomic E-state index is 12.2. The number of urea groups is 1. The molecule has 1 rings (SSSR count). The number of nitrogens with one attached hydrogen (secondary N) is 1. The first-order valence-electron chi connectivity index (χ1n) is 6.85. The van der Waals surface area contributed by atoms with Crippen LogP contribution in [-0.4, -0.2) is 67.2 Å². The van der Waals surface area contributed by atoms with Crippen molar-refractivity contribution in [3.8, 4) is 0 Å². The van der Waals surface area contributed by atoms with E-state index in [0.29, 0.717) is 32.5 Å². The number of aliphatic carboxylic acids is 1. The Kier molecular flexibility index (Phi) is 5.60. The molecule has 1 aliphatic heterocycles. The van der Waals surface area contributed by atoms with Gasteiger partial charge in [-0.25, -0.2) is 4.79 Å². The molecule has 0 aliphatic carbocycles. The summed E-state index contributed by atoms with van der Waals surface area (Å²) in [6.07, 6.45) is 2.01. The summed E-state index contributed by atoms with van der Waals surface area (Å²) in [5.41, 5.74) is -0.749. The molecule has 6 heteroatoms. The Morgan fingerprint density at radius 2 is 2.16 bits per heavy atom. The molecule has 0 spiro atoms. The molecule has 2 amide bonds. The predicted molar refractivity (Wildman–Crippen MR) is 73.1 cm³/mol. The van der Waals surface area contributed by atoms with Crippen molar-refractivity contribution in [1.29, 1.82) is 0 Å². The molecule has 0 saturated carbocycles. The van der Waals surface area contributed by atoms with Crippen LogP contribution in [0.25, 0.3) is 0 Å². The molecule has 19 heavy (non-hydrogen) atoms. The molecule has 0 radical (unpaired) electrons. The van der Waals surface area contributed by atoms with Crippen molar-refractivity contribution in [2.75, 3.05) is 40.3 Å². The Bertz CT molecular complexity index is 335. The molecule has 1 unspecified atom stereocenters. The van der Waals surface area contributed by atoms with E-state index in [4.69, 9.17) is 0 Å². The number of likely N-dealkylation sites (tertiary alicyclic amines) is 1. The van der Waals surface area contributed by atoms with Gasteiger partial charge in [0.2, 0.25) is 0 Å². The highest BCUT2D eigenvalue weighted by molar-refractivity contribution is 5.79. The highest BCUT2D eigenvalue weighted by atomic mass is 16.4. The van der Waals surface area contributed by atoms with Gasteiger partial charge in [0, 0.05) is 26.7 Å². The van der Waals surface area contributed by atoms with Crippen LogP contribution in [0.3, 0.4) is 0 Å². The van der Waals surface area contributed by atoms with E-state index in [1.807, 2.05) is 14.0 Å². The first-order valence-corrected chi connectivity index (χ1v) is 6.85. The van der Waals surface area contributed by atoms with Gasteiger partial charge in [0.1, 0.15) is 0 Å². The molecule has 0 bridgehead atoms. The van der Waals surface area contributed by atoms with Gasteiger partial charge in [-0.3, -0.25) is 4.79 Å². The summed E-state index contributed by atoms with van der Waals surface area (Å²) in [4.78, 5) is 26.9. The van der Waals surface area contributed by atoms with Crippen LogP contribution < -0.4 is 5.32 Å². The van der Waals surface area contributed by atoms with Gasteiger partial charge >= 0.3 is 12.0 Å². The second kappa shape index (κ2) is 6.75. The lowest BCUT2D eigenvalue weighted by Crippen LogP contribution is -2.43. The number of hydrogen-bond donors (Lipinski definition) is 2. The fourth-order valence-electron chi connectivity index (χ4n) is 2.48. The molecule has 1 aliphatic rings. The molecular formula is C13H25N3O3. The van der Waals surface area contributed by atoms with Gasteiger partial charge < -0.3 is 20.2 Å². The Balaban J connectivity index is 2.53. The molecule has 1 heterocycles. The first kappa shape index (κ1) is 15.8. The molecule has 1 atom stereocenters.